The number of carbonyl (C=O) groups excluding carboxylic acids is 1. The number of aromatic nitrogens is 2. The summed E-state index contributed by atoms with van der Waals surface area (Å²) in [6.07, 6.45) is 4.64. The summed E-state index contributed by atoms with van der Waals surface area (Å²) in [6.45, 7) is 3.96. The van der Waals surface area contributed by atoms with Crippen LogP contribution in [0, 0.1) is 13.8 Å². The molecule has 104 valence electrons. The zero-order valence-electron chi connectivity index (χ0n) is 11.9. The second kappa shape index (κ2) is 5.19. The van der Waals surface area contributed by atoms with Crippen molar-refractivity contribution in [1.29, 1.82) is 0 Å². The molecule has 1 aromatic carbocycles. The van der Waals surface area contributed by atoms with Crippen LogP contribution in [-0.4, -0.2) is 22.1 Å². The molecular formula is C16H19N3O. The Morgan fingerprint density at radius 3 is 2.70 bits per heavy atom. The van der Waals surface area contributed by atoms with Gasteiger partial charge in [0, 0.05) is 17.0 Å². The van der Waals surface area contributed by atoms with Gasteiger partial charge in [0.15, 0.2) is 0 Å². The number of rotatable bonds is 2. The molecule has 0 saturated heterocycles. The molecule has 0 bridgehead atoms. The van der Waals surface area contributed by atoms with E-state index in [1.165, 1.54) is 12.8 Å². The minimum absolute atomic E-state index is 0.0210. The summed E-state index contributed by atoms with van der Waals surface area (Å²) in [5.74, 6) is 0.0210. The first-order chi connectivity index (χ1) is 9.65. The van der Waals surface area contributed by atoms with Crippen LogP contribution in [-0.2, 0) is 0 Å². The summed E-state index contributed by atoms with van der Waals surface area (Å²) < 4.78 is 0. The fourth-order valence-corrected chi connectivity index (χ4v) is 2.80. The van der Waals surface area contributed by atoms with Crippen LogP contribution >= 0.6 is 0 Å². The Kier molecular flexibility index (Phi) is 3.38. The molecule has 3 rings (SSSR count). The van der Waals surface area contributed by atoms with Gasteiger partial charge in [0.25, 0.3) is 5.91 Å². The summed E-state index contributed by atoms with van der Waals surface area (Å²) in [5.41, 5.74) is 3.54. The van der Waals surface area contributed by atoms with E-state index in [1.807, 2.05) is 32.0 Å². The average molecular weight is 269 g/mol. The zero-order valence-corrected chi connectivity index (χ0v) is 11.9. The fourth-order valence-electron chi connectivity index (χ4n) is 2.80. The quantitative estimate of drug-likeness (QED) is 0.912. The van der Waals surface area contributed by atoms with Crippen LogP contribution in [0.15, 0.2) is 18.2 Å². The highest BCUT2D eigenvalue weighted by atomic mass is 16.1. The first-order valence-electron chi connectivity index (χ1n) is 7.19. The maximum Gasteiger partial charge on any atom is 0.251 e. The molecule has 1 aliphatic rings. The third-order valence-electron chi connectivity index (χ3n) is 4.20. The van der Waals surface area contributed by atoms with Gasteiger partial charge in [0.05, 0.1) is 11.2 Å². The molecule has 1 fully saturated rings. The Morgan fingerprint density at radius 2 is 1.95 bits per heavy atom. The number of benzene rings is 1. The molecule has 4 heteroatoms. The van der Waals surface area contributed by atoms with E-state index >= 15 is 0 Å². The highest BCUT2D eigenvalue weighted by molar-refractivity contribution is 5.98. The Labute approximate surface area is 118 Å². The summed E-state index contributed by atoms with van der Waals surface area (Å²) in [4.78, 5) is 12.3. The van der Waals surface area contributed by atoms with Crippen molar-refractivity contribution >= 4 is 16.8 Å². The van der Waals surface area contributed by atoms with Gasteiger partial charge in [-0.05, 0) is 50.5 Å². The van der Waals surface area contributed by atoms with E-state index < -0.39 is 0 Å². The van der Waals surface area contributed by atoms with Gasteiger partial charge in [-0.3, -0.25) is 4.79 Å². The summed E-state index contributed by atoms with van der Waals surface area (Å²) >= 11 is 0. The number of aryl methyl sites for hydroxylation is 2. The molecule has 0 atom stereocenters. The van der Waals surface area contributed by atoms with Gasteiger partial charge >= 0.3 is 0 Å². The van der Waals surface area contributed by atoms with Gasteiger partial charge in [-0.2, -0.15) is 10.2 Å². The molecule has 2 aromatic rings. The highest BCUT2D eigenvalue weighted by Gasteiger charge is 2.18. The van der Waals surface area contributed by atoms with E-state index in [1.54, 1.807) is 0 Å². The van der Waals surface area contributed by atoms with Gasteiger partial charge in [-0.15, -0.1) is 0 Å². The average Bonchev–Trinajstić information content (AvgIpc) is 2.95. The van der Waals surface area contributed by atoms with Crippen LogP contribution in [0.25, 0.3) is 10.9 Å². The van der Waals surface area contributed by atoms with Crippen LogP contribution in [0.4, 0.5) is 0 Å². The fraction of sp³-hybridized carbons (Fsp3) is 0.438. The van der Waals surface area contributed by atoms with Crippen molar-refractivity contribution in [3.8, 4) is 0 Å². The lowest BCUT2D eigenvalue weighted by atomic mass is 10.1. The van der Waals surface area contributed by atoms with Crippen LogP contribution in [0.3, 0.4) is 0 Å². The van der Waals surface area contributed by atoms with Gasteiger partial charge in [0.2, 0.25) is 0 Å². The normalized spacial score (nSPS) is 15.7. The molecule has 0 radical (unpaired) electrons. The van der Waals surface area contributed by atoms with Crippen LogP contribution in [0.2, 0.25) is 0 Å². The molecule has 0 spiro atoms. The summed E-state index contributed by atoms with van der Waals surface area (Å²) in [6, 6.07) is 5.97. The molecule has 1 saturated carbocycles. The largest absolute Gasteiger partial charge is 0.349 e. The maximum absolute atomic E-state index is 12.3. The number of amides is 1. The third-order valence-corrected chi connectivity index (χ3v) is 4.20. The Bertz CT molecular complexity index is 660. The topological polar surface area (TPSA) is 54.9 Å². The molecule has 0 aliphatic heterocycles. The number of fused-ring (bicyclic) bond motifs is 1. The second-order valence-electron chi connectivity index (χ2n) is 5.60. The lowest BCUT2D eigenvalue weighted by Crippen LogP contribution is -2.32. The van der Waals surface area contributed by atoms with Crippen LogP contribution < -0.4 is 5.32 Å². The van der Waals surface area contributed by atoms with E-state index in [0.29, 0.717) is 11.6 Å². The van der Waals surface area contributed by atoms with Crippen molar-refractivity contribution < 1.29 is 4.79 Å². The second-order valence-corrected chi connectivity index (χ2v) is 5.60. The molecule has 1 aromatic heterocycles. The van der Waals surface area contributed by atoms with Crippen molar-refractivity contribution in [2.24, 2.45) is 0 Å². The molecular weight excluding hydrogens is 250 g/mol. The minimum Gasteiger partial charge on any atom is -0.349 e. The minimum atomic E-state index is 0.0210. The smallest absolute Gasteiger partial charge is 0.251 e. The van der Waals surface area contributed by atoms with E-state index in [4.69, 9.17) is 0 Å². The summed E-state index contributed by atoms with van der Waals surface area (Å²) in [7, 11) is 0. The van der Waals surface area contributed by atoms with Gasteiger partial charge in [-0.1, -0.05) is 12.8 Å². The highest BCUT2D eigenvalue weighted by Crippen LogP contribution is 2.21. The summed E-state index contributed by atoms with van der Waals surface area (Å²) in [5, 5.41) is 12.4. The van der Waals surface area contributed by atoms with Gasteiger partial charge in [-0.25, -0.2) is 0 Å². The number of carbonyl (C=O) groups is 1. The van der Waals surface area contributed by atoms with Crippen LogP contribution in [0.1, 0.15) is 47.3 Å². The number of hydrogen-bond donors (Lipinski definition) is 1. The number of nitrogens with one attached hydrogen (secondary N) is 1. The first kappa shape index (κ1) is 13.0. The van der Waals surface area contributed by atoms with Crippen molar-refractivity contribution in [3.05, 3.63) is 35.0 Å². The molecule has 1 aliphatic carbocycles. The van der Waals surface area contributed by atoms with E-state index in [0.717, 1.165) is 35.0 Å². The number of nitrogens with zero attached hydrogens (tertiary/aromatic N) is 2. The van der Waals surface area contributed by atoms with E-state index in [-0.39, 0.29) is 5.91 Å². The predicted molar refractivity (Wildman–Crippen MR) is 78.7 cm³/mol. The van der Waals surface area contributed by atoms with Crippen molar-refractivity contribution in [2.75, 3.05) is 0 Å². The standard InChI is InChI=1S/C16H19N3O/c1-10-11(2)18-19-15-8-7-12(9-14(10)15)16(20)17-13-5-3-4-6-13/h7-9,13H,3-6H2,1-2H3,(H,17,20). The van der Waals surface area contributed by atoms with Gasteiger partial charge < -0.3 is 5.32 Å². The molecule has 20 heavy (non-hydrogen) atoms. The lowest BCUT2D eigenvalue weighted by molar-refractivity contribution is 0.0938. The Morgan fingerprint density at radius 1 is 1.20 bits per heavy atom. The Hall–Kier alpha value is -1.97. The monoisotopic (exact) mass is 269 g/mol. The van der Waals surface area contributed by atoms with Crippen molar-refractivity contribution in [1.82, 2.24) is 15.5 Å². The molecule has 4 nitrogen and oxygen atoms in total. The lowest BCUT2D eigenvalue weighted by Gasteiger charge is -2.12. The molecule has 0 unspecified atom stereocenters. The van der Waals surface area contributed by atoms with Crippen LogP contribution in [0.5, 0.6) is 0 Å². The zero-order chi connectivity index (χ0) is 14.1. The number of hydrogen-bond acceptors (Lipinski definition) is 3. The first-order valence-corrected chi connectivity index (χ1v) is 7.19. The van der Waals surface area contributed by atoms with Crippen molar-refractivity contribution in [2.45, 2.75) is 45.6 Å². The maximum atomic E-state index is 12.3. The third kappa shape index (κ3) is 2.38. The molecule has 1 heterocycles. The SMILES string of the molecule is Cc1nnc2ccc(C(=O)NC3CCCC3)cc2c1C. The predicted octanol–water partition coefficient (Wildman–Crippen LogP) is 2.92. The van der Waals surface area contributed by atoms with Gasteiger partial charge in [0.1, 0.15) is 0 Å². The molecule has 1 N–H and O–H groups in total. The Balaban J connectivity index is 1.91. The van der Waals surface area contributed by atoms with E-state index in [9.17, 15) is 4.79 Å². The van der Waals surface area contributed by atoms with Crippen molar-refractivity contribution in [3.63, 3.8) is 0 Å². The molecule has 1 amide bonds. The van der Waals surface area contributed by atoms with E-state index in [2.05, 4.69) is 15.5 Å².